The summed E-state index contributed by atoms with van der Waals surface area (Å²) in [6.45, 7) is 22.7. The molecule has 0 fully saturated rings. The second kappa shape index (κ2) is 17.4. The van der Waals surface area contributed by atoms with Crippen molar-refractivity contribution in [2.24, 2.45) is 0 Å². The van der Waals surface area contributed by atoms with Gasteiger partial charge in [-0.1, -0.05) is 184 Å². The topological polar surface area (TPSA) is 22.9 Å². The second-order valence-corrected chi connectivity index (χ2v) is 24.3. The number of anilines is 8. The van der Waals surface area contributed by atoms with Crippen molar-refractivity contribution >= 4 is 96.0 Å². The van der Waals surface area contributed by atoms with E-state index in [4.69, 9.17) is 4.42 Å². The fourth-order valence-electron chi connectivity index (χ4n) is 12.1. The normalized spacial score (nSPS) is 13.3. The molecule has 1 aromatic heterocycles. The minimum Gasteiger partial charge on any atom is -0.455 e. The number of hydrogen-bond donors (Lipinski definition) is 0. The van der Waals surface area contributed by atoms with Gasteiger partial charge in [-0.15, -0.1) is 0 Å². The molecule has 3 heterocycles. The van der Waals surface area contributed by atoms with E-state index in [0.717, 1.165) is 78.6 Å². The molecule has 0 aliphatic carbocycles. The number of fused-ring (bicyclic) bond motifs is 9. The molecule has 0 bridgehead atoms. The lowest BCUT2D eigenvalue weighted by Gasteiger charge is -2.46. The summed E-state index contributed by atoms with van der Waals surface area (Å²) in [5.41, 5.74) is 23.1. The van der Waals surface area contributed by atoms with Crippen LogP contribution in [-0.4, -0.2) is 6.85 Å². The molecule has 0 saturated heterocycles. The van der Waals surface area contributed by atoms with Crippen molar-refractivity contribution in [1.82, 2.24) is 0 Å². The summed E-state index contributed by atoms with van der Waals surface area (Å²) < 4.78 is 7.17. The summed E-state index contributed by atoms with van der Waals surface area (Å²) >= 11 is 0. The van der Waals surface area contributed by atoms with Crippen LogP contribution in [0, 0.1) is 6.92 Å². The third kappa shape index (κ3) is 7.81. The zero-order chi connectivity index (χ0) is 52.4. The summed E-state index contributed by atoms with van der Waals surface area (Å²) in [4.78, 5) is 7.65. The summed E-state index contributed by atoms with van der Waals surface area (Å²) in [6, 6.07) is 77.4. The molecule has 13 rings (SSSR count). The van der Waals surface area contributed by atoms with Gasteiger partial charge in [0.05, 0.1) is 0 Å². The minimum absolute atomic E-state index is 0.00449. The van der Waals surface area contributed by atoms with Crippen LogP contribution in [0.15, 0.2) is 211 Å². The van der Waals surface area contributed by atoms with Crippen molar-refractivity contribution in [3.05, 3.63) is 229 Å². The SMILES string of the molecule is Cc1cc(-c2ccccc2)ccc1N1c2cc(N(c3ccc(C(C)(C)C)cc3)c3ccc(C(C)(C)C)cc3)ccc2B2c3c1cc1c(oc4ccccc41)c3-c1cc3ccccc3cc1N2c1ccc(C(C)(C)C)cc1. The number of furan rings is 1. The molecule has 11 aromatic rings. The quantitative estimate of drug-likeness (QED) is 0.155. The van der Waals surface area contributed by atoms with Gasteiger partial charge < -0.3 is 19.0 Å². The maximum Gasteiger partial charge on any atom is 0.333 e. The number of para-hydroxylation sites is 1. The predicted molar refractivity (Wildman–Crippen MR) is 326 cm³/mol. The van der Waals surface area contributed by atoms with E-state index in [2.05, 4.69) is 290 Å². The highest BCUT2D eigenvalue weighted by molar-refractivity contribution is 6.94. The predicted octanol–water partition coefficient (Wildman–Crippen LogP) is 18.8. The Hall–Kier alpha value is -8.28. The number of benzene rings is 10. The third-order valence-electron chi connectivity index (χ3n) is 16.2. The van der Waals surface area contributed by atoms with Crippen LogP contribution in [0.2, 0.25) is 0 Å². The lowest BCUT2D eigenvalue weighted by molar-refractivity contribution is 0.590. The highest BCUT2D eigenvalue weighted by Crippen LogP contribution is 2.53. The third-order valence-corrected chi connectivity index (χ3v) is 16.2. The van der Waals surface area contributed by atoms with E-state index >= 15 is 0 Å². The molecule has 0 radical (unpaired) electrons. The van der Waals surface area contributed by atoms with Crippen molar-refractivity contribution in [1.29, 1.82) is 0 Å². The number of hydrogen-bond acceptors (Lipinski definition) is 4. The van der Waals surface area contributed by atoms with Gasteiger partial charge in [-0.3, -0.25) is 0 Å². The van der Waals surface area contributed by atoms with Crippen molar-refractivity contribution < 1.29 is 4.42 Å². The van der Waals surface area contributed by atoms with E-state index in [0.29, 0.717) is 0 Å². The highest BCUT2D eigenvalue weighted by atomic mass is 16.3. The molecule has 0 saturated carbocycles. The monoisotopic (exact) mass is 986 g/mol. The largest absolute Gasteiger partial charge is 0.455 e. The van der Waals surface area contributed by atoms with E-state index in [9.17, 15) is 0 Å². The van der Waals surface area contributed by atoms with Gasteiger partial charge in [0, 0.05) is 67.4 Å². The van der Waals surface area contributed by atoms with E-state index in [1.165, 1.54) is 55.1 Å². The number of aryl methyl sites for hydroxylation is 1. The minimum atomic E-state index is -0.230. The lowest BCUT2D eigenvalue weighted by atomic mass is 9.43. The first-order valence-electron chi connectivity index (χ1n) is 27.0. The number of nitrogens with zero attached hydrogens (tertiary/aromatic N) is 3. The van der Waals surface area contributed by atoms with E-state index in [1.54, 1.807) is 0 Å². The van der Waals surface area contributed by atoms with E-state index in [-0.39, 0.29) is 23.1 Å². The molecule has 76 heavy (non-hydrogen) atoms. The Morgan fingerprint density at radius 2 is 1.00 bits per heavy atom. The molecule has 0 N–H and O–H groups in total. The molecule has 0 atom stereocenters. The zero-order valence-electron chi connectivity index (χ0n) is 45.5. The van der Waals surface area contributed by atoms with Gasteiger partial charge in [0.25, 0.3) is 0 Å². The molecule has 10 aromatic carbocycles. The summed E-state index contributed by atoms with van der Waals surface area (Å²) in [7, 11) is 0. The molecule has 2 aliphatic heterocycles. The van der Waals surface area contributed by atoms with Gasteiger partial charge in [0.2, 0.25) is 0 Å². The molecule has 4 nitrogen and oxygen atoms in total. The van der Waals surface area contributed by atoms with Gasteiger partial charge in [-0.25, -0.2) is 0 Å². The van der Waals surface area contributed by atoms with Gasteiger partial charge in [-0.2, -0.15) is 0 Å². The first-order valence-corrected chi connectivity index (χ1v) is 27.0. The van der Waals surface area contributed by atoms with Crippen molar-refractivity contribution in [3.63, 3.8) is 0 Å². The Balaban J connectivity index is 1.14. The molecule has 0 unspecified atom stereocenters. The molecular formula is C71H64BN3O. The van der Waals surface area contributed by atoms with Crippen LogP contribution >= 0.6 is 0 Å². The van der Waals surface area contributed by atoms with Crippen LogP contribution in [-0.2, 0) is 16.2 Å². The van der Waals surface area contributed by atoms with Crippen LogP contribution in [0.3, 0.4) is 0 Å². The summed E-state index contributed by atoms with van der Waals surface area (Å²) in [5, 5.41) is 4.61. The second-order valence-electron chi connectivity index (χ2n) is 24.3. The smallest absolute Gasteiger partial charge is 0.333 e. The highest BCUT2D eigenvalue weighted by Gasteiger charge is 2.47. The van der Waals surface area contributed by atoms with Crippen molar-refractivity contribution in [2.45, 2.75) is 85.5 Å². The van der Waals surface area contributed by atoms with Gasteiger partial charge in [0.15, 0.2) is 0 Å². The summed E-state index contributed by atoms with van der Waals surface area (Å²) in [6.07, 6.45) is 0. The van der Waals surface area contributed by atoms with Crippen LogP contribution in [0.5, 0.6) is 0 Å². The van der Waals surface area contributed by atoms with Gasteiger partial charge in [-0.05, 0) is 163 Å². The molecule has 0 spiro atoms. The fraction of sp³-hybridized carbons (Fsp3) is 0.183. The average molecular weight is 986 g/mol. The molecule has 2 aliphatic rings. The maximum atomic E-state index is 7.17. The van der Waals surface area contributed by atoms with Gasteiger partial charge in [0.1, 0.15) is 11.2 Å². The van der Waals surface area contributed by atoms with E-state index in [1.807, 2.05) is 0 Å². The standard InChI is InChI=1S/C71H64BN3O/c1-45-40-49(46-18-12-11-13-19-46)24-39-61(45)74-63-43-56(73(53-31-25-50(26-32-53)69(2,3)4)54-33-27-51(28-34-54)70(5,6)7)37-38-60(63)72-67-64(74)44-58-57-22-16-17-23-65(57)76-68(58)66(67)59-41-47-20-14-15-21-48(47)42-62(59)75(72)55-35-29-52(30-36-55)71(8,9)10/h11-44H,1-10H3. The molecule has 372 valence electrons. The van der Waals surface area contributed by atoms with Crippen LogP contribution in [0.4, 0.5) is 45.5 Å². The zero-order valence-corrected chi connectivity index (χ0v) is 45.5. The Bertz CT molecular complexity index is 4000. The summed E-state index contributed by atoms with van der Waals surface area (Å²) in [5.74, 6) is 0. The Labute approximate surface area is 449 Å². The molecular weight excluding hydrogens is 922 g/mol. The average Bonchev–Trinajstić information content (AvgIpc) is 3.98. The fourth-order valence-corrected chi connectivity index (χ4v) is 12.1. The van der Waals surface area contributed by atoms with Crippen molar-refractivity contribution in [3.8, 4) is 22.3 Å². The maximum absolute atomic E-state index is 7.17. The van der Waals surface area contributed by atoms with Crippen LogP contribution in [0.25, 0.3) is 55.0 Å². The Morgan fingerprint density at radius 3 is 1.62 bits per heavy atom. The first-order chi connectivity index (χ1) is 36.5. The Kier molecular flexibility index (Phi) is 10.9. The molecule has 5 heteroatoms. The first kappa shape index (κ1) is 47.4. The molecule has 0 amide bonds. The van der Waals surface area contributed by atoms with E-state index < -0.39 is 0 Å². The van der Waals surface area contributed by atoms with Crippen LogP contribution < -0.4 is 25.5 Å². The Morgan fingerprint density at radius 1 is 0.434 bits per heavy atom. The van der Waals surface area contributed by atoms with Crippen molar-refractivity contribution in [2.75, 3.05) is 14.6 Å². The lowest BCUT2D eigenvalue weighted by Crippen LogP contribution is -2.61. The number of rotatable bonds is 6. The van der Waals surface area contributed by atoms with Gasteiger partial charge >= 0.3 is 6.85 Å². The van der Waals surface area contributed by atoms with Crippen LogP contribution in [0.1, 0.15) is 84.6 Å².